The number of aliphatic carboxylic acids is 1. The first kappa shape index (κ1) is 42.3. The maximum absolute atomic E-state index is 13.6. The molecule has 0 saturated heterocycles. The van der Waals surface area contributed by atoms with E-state index in [9.17, 15) is 33.9 Å². The van der Waals surface area contributed by atoms with E-state index in [1.54, 1.807) is 66.9 Å². The number of ketones is 2. The van der Waals surface area contributed by atoms with Crippen LogP contribution in [0.15, 0.2) is 45.5 Å². The first-order valence-corrected chi connectivity index (χ1v) is 19.2. The fourth-order valence-electron chi connectivity index (χ4n) is 5.83. The number of ether oxygens (including phenoxy) is 3. The molecule has 1 aromatic heterocycles. The molecular formula is C37H47N5O10S2. The molecule has 54 heavy (non-hydrogen) atoms. The third-order valence-corrected chi connectivity index (χ3v) is 11.4. The van der Waals surface area contributed by atoms with E-state index in [1.807, 2.05) is 0 Å². The number of rotatable bonds is 18. The van der Waals surface area contributed by atoms with Crippen molar-refractivity contribution in [1.29, 1.82) is 0 Å². The van der Waals surface area contributed by atoms with Gasteiger partial charge in [-0.2, -0.15) is 0 Å². The molecule has 1 aliphatic carbocycles. The molecule has 0 radical (unpaired) electrons. The lowest BCUT2D eigenvalue weighted by Crippen LogP contribution is -2.43. The minimum Gasteiger partial charge on any atom is -0.480 e. The fourth-order valence-corrected chi connectivity index (χ4v) is 7.92. The van der Waals surface area contributed by atoms with Crippen LogP contribution in [0.1, 0.15) is 52.5 Å². The summed E-state index contributed by atoms with van der Waals surface area (Å²) in [6.45, 7) is 9.67. The van der Waals surface area contributed by atoms with E-state index in [2.05, 4.69) is 15.3 Å². The summed E-state index contributed by atoms with van der Waals surface area (Å²) in [5, 5.41) is 13.0. The molecule has 0 fully saturated rings. The van der Waals surface area contributed by atoms with Crippen LogP contribution in [0.4, 0.5) is 4.79 Å². The number of carbonyl (C=O) groups is 6. The van der Waals surface area contributed by atoms with Crippen LogP contribution in [0.2, 0.25) is 0 Å². The number of carbonyl (C=O) groups excluding carboxylic acids is 5. The van der Waals surface area contributed by atoms with Gasteiger partial charge in [0.05, 0.1) is 36.6 Å². The molecule has 2 N–H and O–H groups in total. The Morgan fingerprint density at radius 2 is 1.65 bits per heavy atom. The number of carboxylic acid groups (broad SMARTS) is 1. The number of aliphatic imine (C=N–C) groups is 1. The number of likely N-dealkylation sites (N-methyl/N-ethyl adjacent to an activating group) is 1. The van der Waals surface area contributed by atoms with Gasteiger partial charge in [-0.05, 0) is 32.9 Å². The number of amides is 3. The SMILES string of the molecule is CNC(=O)CCOCCOCCN(CCN(C)C(=O)CC(C)(C)C1=C(C)C(=O)C(C)=C(C)C1=O)C(=O)Oc1ccc2nc(C3=NC(C(=O)O)CS3)sc2c1. The summed E-state index contributed by atoms with van der Waals surface area (Å²) in [6.07, 6.45) is -0.474. The number of fused-ring (bicyclic) bond motifs is 1. The van der Waals surface area contributed by atoms with Crippen molar-refractivity contribution in [3.8, 4) is 5.75 Å². The van der Waals surface area contributed by atoms with Crippen molar-refractivity contribution in [2.24, 2.45) is 10.4 Å². The molecule has 2 aliphatic rings. The molecule has 1 unspecified atom stereocenters. The Balaban J connectivity index is 1.40. The topological polar surface area (TPSA) is 194 Å². The lowest BCUT2D eigenvalue weighted by Gasteiger charge is -2.33. The normalized spacial score (nSPS) is 16.2. The van der Waals surface area contributed by atoms with Gasteiger partial charge in [0.1, 0.15) is 15.8 Å². The quantitative estimate of drug-likeness (QED) is 0.164. The molecule has 15 nitrogen and oxygen atoms in total. The van der Waals surface area contributed by atoms with Crippen molar-refractivity contribution in [3.63, 3.8) is 0 Å². The summed E-state index contributed by atoms with van der Waals surface area (Å²) in [5.74, 6) is -1.22. The predicted molar refractivity (Wildman–Crippen MR) is 205 cm³/mol. The number of hydrogen-bond acceptors (Lipinski definition) is 13. The molecule has 3 amide bonds. The summed E-state index contributed by atoms with van der Waals surface area (Å²) in [4.78, 5) is 87.5. The molecule has 1 aliphatic heterocycles. The number of nitrogens with zero attached hydrogens (tertiary/aromatic N) is 4. The van der Waals surface area contributed by atoms with Gasteiger partial charge in [-0.25, -0.2) is 14.6 Å². The third-order valence-electron chi connectivity index (χ3n) is 9.16. The van der Waals surface area contributed by atoms with Gasteiger partial charge < -0.3 is 34.4 Å². The largest absolute Gasteiger partial charge is 0.480 e. The zero-order chi connectivity index (χ0) is 39.7. The second-order valence-corrected chi connectivity index (χ2v) is 15.6. The zero-order valence-electron chi connectivity index (χ0n) is 31.6. The summed E-state index contributed by atoms with van der Waals surface area (Å²) >= 11 is 2.65. The highest BCUT2D eigenvalue weighted by Gasteiger charge is 2.39. The van der Waals surface area contributed by atoms with Crippen LogP contribution in [0, 0.1) is 5.41 Å². The Bertz CT molecular complexity index is 1900. The van der Waals surface area contributed by atoms with Crippen molar-refractivity contribution in [2.75, 3.05) is 65.9 Å². The van der Waals surface area contributed by atoms with Gasteiger partial charge in [-0.3, -0.25) is 24.2 Å². The maximum Gasteiger partial charge on any atom is 0.415 e. The second-order valence-electron chi connectivity index (χ2n) is 13.5. The number of thioether (sulfide) groups is 1. The molecule has 0 spiro atoms. The highest BCUT2D eigenvalue weighted by atomic mass is 32.2. The molecule has 17 heteroatoms. The molecular weight excluding hydrogens is 739 g/mol. The minimum atomic E-state index is -0.988. The van der Waals surface area contributed by atoms with Crippen molar-refractivity contribution >= 4 is 73.8 Å². The second kappa shape index (κ2) is 18.7. The first-order valence-electron chi connectivity index (χ1n) is 17.4. The average molecular weight is 786 g/mol. The number of nitrogens with one attached hydrogen (secondary N) is 1. The van der Waals surface area contributed by atoms with Crippen LogP contribution < -0.4 is 10.1 Å². The molecule has 1 atom stereocenters. The first-order chi connectivity index (χ1) is 25.5. The Labute approximate surface area is 322 Å². The Hall–Kier alpha value is -4.45. The van der Waals surface area contributed by atoms with E-state index in [0.717, 1.165) is 4.70 Å². The van der Waals surface area contributed by atoms with Gasteiger partial charge in [-0.1, -0.05) is 13.8 Å². The molecule has 0 saturated carbocycles. The highest BCUT2D eigenvalue weighted by Crippen LogP contribution is 2.39. The van der Waals surface area contributed by atoms with E-state index < -0.39 is 23.5 Å². The number of thiazole rings is 1. The summed E-state index contributed by atoms with van der Waals surface area (Å²) < 4.78 is 17.6. The van der Waals surface area contributed by atoms with Crippen molar-refractivity contribution in [1.82, 2.24) is 20.1 Å². The van der Waals surface area contributed by atoms with Gasteiger partial charge in [0, 0.05) is 86.1 Å². The molecule has 292 valence electrons. The van der Waals surface area contributed by atoms with Crippen molar-refractivity contribution in [2.45, 2.75) is 53.5 Å². The fraction of sp³-hybridized carbons (Fsp3) is 0.514. The van der Waals surface area contributed by atoms with Gasteiger partial charge in [0.25, 0.3) is 0 Å². The van der Waals surface area contributed by atoms with Crippen LogP contribution >= 0.6 is 23.1 Å². The van der Waals surface area contributed by atoms with Gasteiger partial charge >= 0.3 is 12.1 Å². The van der Waals surface area contributed by atoms with E-state index in [-0.39, 0.29) is 88.0 Å². The van der Waals surface area contributed by atoms with Crippen LogP contribution in [-0.4, -0.2) is 132 Å². The van der Waals surface area contributed by atoms with Crippen LogP contribution in [0.3, 0.4) is 0 Å². The van der Waals surface area contributed by atoms with Gasteiger partial charge in [0.2, 0.25) is 11.8 Å². The average Bonchev–Trinajstić information content (AvgIpc) is 3.79. The third kappa shape index (κ3) is 10.6. The lowest BCUT2D eigenvalue weighted by atomic mass is 9.71. The van der Waals surface area contributed by atoms with Crippen molar-refractivity contribution in [3.05, 3.63) is 45.5 Å². The standard InChI is InChI=1S/C37H47N5O10S2/c1-21-22(2)32(46)30(23(3)31(21)45)37(4,5)19-29(44)41(7)11-12-42(13-15-51-17-16-50-14-10-28(43)38-6)36(49)52-24-8-9-25-27(18-24)54-34(39-25)33-40-26(20-53-33)35(47)48/h8-9,18,26H,10-17,19-20H2,1-7H3,(H,38,43)(H,47,48). The van der Waals surface area contributed by atoms with E-state index in [1.165, 1.54) is 32.9 Å². The van der Waals surface area contributed by atoms with Crippen LogP contribution in [-0.2, 0) is 33.4 Å². The molecule has 2 aromatic rings. The number of carboxylic acids is 1. The van der Waals surface area contributed by atoms with Crippen LogP contribution in [0.5, 0.6) is 5.75 Å². The van der Waals surface area contributed by atoms with Crippen LogP contribution in [0.25, 0.3) is 10.2 Å². The molecule has 0 bridgehead atoms. The highest BCUT2D eigenvalue weighted by molar-refractivity contribution is 8.15. The summed E-state index contributed by atoms with van der Waals surface area (Å²) in [7, 11) is 3.16. The van der Waals surface area contributed by atoms with Gasteiger partial charge in [0.15, 0.2) is 17.6 Å². The van der Waals surface area contributed by atoms with E-state index in [0.29, 0.717) is 43.6 Å². The smallest absolute Gasteiger partial charge is 0.415 e. The van der Waals surface area contributed by atoms with E-state index >= 15 is 0 Å². The Morgan fingerprint density at radius 1 is 0.963 bits per heavy atom. The number of Topliss-reactive ketones (excluding diaryl/α,β-unsaturated/α-hetero) is 2. The monoisotopic (exact) mass is 785 g/mol. The Morgan fingerprint density at radius 3 is 2.31 bits per heavy atom. The lowest BCUT2D eigenvalue weighted by molar-refractivity contribution is -0.138. The van der Waals surface area contributed by atoms with E-state index in [4.69, 9.17) is 14.2 Å². The number of aromatic nitrogens is 1. The Kier molecular flexibility index (Phi) is 14.7. The number of hydrogen-bond donors (Lipinski definition) is 2. The number of benzene rings is 1. The maximum atomic E-state index is 13.6. The molecule has 1 aromatic carbocycles. The minimum absolute atomic E-state index is 0.0340. The van der Waals surface area contributed by atoms with Gasteiger partial charge in [-0.15, -0.1) is 23.1 Å². The molecule has 4 rings (SSSR count). The van der Waals surface area contributed by atoms with Crippen molar-refractivity contribution < 1.29 is 48.1 Å². The predicted octanol–water partition coefficient (Wildman–Crippen LogP) is 3.89. The summed E-state index contributed by atoms with van der Waals surface area (Å²) in [6, 6.07) is 4.18. The molecule has 2 heterocycles. The number of allylic oxidation sites excluding steroid dienone is 4. The summed E-state index contributed by atoms with van der Waals surface area (Å²) in [5.41, 5.74) is 1.20. The zero-order valence-corrected chi connectivity index (χ0v) is 33.2.